The number of hydrogen-bond acceptors (Lipinski definition) is 2. The van der Waals surface area contributed by atoms with Crippen LogP contribution in [0.4, 0.5) is 13.2 Å². The second kappa shape index (κ2) is 6.09. The summed E-state index contributed by atoms with van der Waals surface area (Å²) in [6.07, 6.45) is -0.347. The SMILES string of the molecule is O=C(NCCc1cccc(C(F)(F)F)c1)C1C=CCN1. The second-order valence-electron chi connectivity index (χ2n) is 4.55. The molecule has 2 rings (SSSR count). The Morgan fingerprint density at radius 2 is 2.20 bits per heavy atom. The molecular weight excluding hydrogens is 269 g/mol. The van der Waals surface area contributed by atoms with E-state index in [-0.39, 0.29) is 11.9 Å². The van der Waals surface area contributed by atoms with Gasteiger partial charge in [0.2, 0.25) is 5.91 Å². The van der Waals surface area contributed by atoms with E-state index in [1.807, 2.05) is 6.08 Å². The van der Waals surface area contributed by atoms with E-state index >= 15 is 0 Å². The molecule has 0 fully saturated rings. The van der Waals surface area contributed by atoms with E-state index < -0.39 is 11.7 Å². The van der Waals surface area contributed by atoms with Crippen LogP contribution in [0.25, 0.3) is 0 Å². The number of carbonyl (C=O) groups is 1. The molecule has 1 aromatic carbocycles. The van der Waals surface area contributed by atoms with Crippen LogP contribution < -0.4 is 10.6 Å². The van der Waals surface area contributed by atoms with Crippen molar-refractivity contribution in [3.63, 3.8) is 0 Å². The number of halogens is 3. The van der Waals surface area contributed by atoms with Crippen molar-refractivity contribution in [3.8, 4) is 0 Å². The lowest BCUT2D eigenvalue weighted by Gasteiger charge is -2.11. The molecule has 108 valence electrons. The molecule has 0 bridgehead atoms. The topological polar surface area (TPSA) is 41.1 Å². The molecule has 0 saturated carbocycles. The summed E-state index contributed by atoms with van der Waals surface area (Å²) >= 11 is 0. The van der Waals surface area contributed by atoms with Crippen LogP contribution >= 0.6 is 0 Å². The molecule has 2 N–H and O–H groups in total. The van der Waals surface area contributed by atoms with Gasteiger partial charge in [-0.25, -0.2) is 0 Å². The molecule has 1 atom stereocenters. The molecular formula is C14H15F3N2O. The number of hydrogen-bond donors (Lipinski definition) is 2. The van der Waals surface area contributed by atoms with Crippen LogP contribution in [-0.4, -0.2) is 25.0 Å². The highest BCUT2D eigenvalue weighted by atomic mass is 19.4. The Morgan fingerprint density at radius 3 is 2.85 bits per heavy atom. The van der Waals surface area contributed by atoms with Crippen molar-refractivity contribution >= 4 is 5.91 Å². The van der Waals surface area contributed by atoms with Crippen molar-refractivity contribution in [2.75, 3.05) is 13.1 Å². The quantitative estimate of drug-likeness (QED) is 0.829. The van der Waals surface area contributed by atoms with Gasteiger partial charge in [0.1, 0.15) is 6.04 Å². The van der Waals surface area contributed by atoms with E-state index in [1.54, 1.807) is 12.1 Å². The zero-order chi connectivity index (χ0) is 14.6. The van der Waals surface area contributed by atoms with E-state index in [0.717, 1.165) is 12.1 Å². The average Bonchev–Trinajstić information content (AvgIpc) is 2.92. The predicted molar refractivity (Wildman–Crippen MR) is 69.1 cm³/mol. The molecule has 0 radical (unpaired) electrons. The third-order valence-corrected chi connectivity index (χ3v) is 3.03. The smallest absolute Gasteiger partial charge is 0.354 e. The molecule has 1 heterocycles. The Balaban J connectivity index is 1.85. The monoisotopic (exact) mass is 284 g/mol. The first-order chi connectivity index (χ1) is 9.47. The van der Waals surface area contributed by atoms with Crippen LogP contribution in [0.3, 0.4) is 0 Å². The van der Waals surface area contributed by atoms with Gasteiger partial charge in [-0.3, -0.25) is 10.1 Å². The zero-order valence-electron chi connectivity index (χ0n) is 10.7. The summed E-state index contributed by atoms with van der Waals surface area (Å²) in [6.45, 7) is 0.970. The van der Waals surface area contributed by atoms with Gasteiger partial charge < -0.3 is 5.32 Å². The highest BCUT2D eigenvalue weighted by molar-refractivity contribution is 5.84. The minimum absolute atomic E-state index is 0.161. The summed E-state index contributed by atoms with van der Waals surface area (Å²) in [5.74, 6) is -0.161. The second-order valence-corrected chi connectivity index (χ2v) is 4.55. The zero-order valence-corrected chi connectivity index (χ0v) is 10.7. The minimum Gasteiger partial charge on any atom is -0.354 e. The van der Waals surface area contributed by atoms with Gasteiger partial charge in [-0.15, -0.1) is 0 Å². The molecule has 1 unspecified atom stereocenters. The first-order valence-corrected chi connectivity index (χ1v) is 6.31. The number of rotatable bonds is 4. The van der Waals surface area contributed by atoms with Crippen molar-refractivity contribution < 1.29 is 18.0 Å². The third kappa shape index (κ3) is 3.84. The molecule has 0 saturated heterocycles. The number of nitrogens with one attached hydrogen (secondary N) is 2. The Kier molecular flexibility index (Phi) is 4.44. The van der Waals surface area contributed by atoms with E-state index in [2.05, 4.69) is 10.6 Å². The van der Waals surface area contributed by atoms with Gasteiger partial charge in [-0.1, -0.05) is 30.4 Å². The van der Waals surface area contributed by atoms with Gasteiger partial charge in [0.15, 0.2) is 0 Å². The van der Waals surface area contributed by atoms with Gasteiger partial charge in [-0.2, -0.15) is 13.2 Å². The lowest BCUT2D eigenvalue weighted by atomic mass is 10.1. The molecule has 1 amide bonds. The fraction of sp³-hybridized carbons (Fsp3) is 0.357. The van der Waals surface area contributed by atoms with Crippen molar-refractivity contribution in [2.45, 2.75) is 18.6 Å². The van der Waals surface area contributed by atoms with Crippen LogP contribution in [0, 0.1) is 0 Å². The van der Waals surface area contributed by atoms with Crippen LogP contribution in [0.2, 0.25) is 0 Å². The maximum Gasteiger partial charge on any atom is 0.416 e. The summed E-state index contributed by atoms with van der Waals surface area (Å²) in [7, 11) is 0. The Hall–Kier alpha value is -1.82. The summed E-state index contributed by atoms with van der Waals surface area (Å²) in [4.78, 5) is 11.7. The largest absolute Gasteiger partial charge is 0.416 e. The fourth-order valence-electron chi connectivity index (χ4n) is 1.99. The Labute approximate surface area is 114 Å². The van der Waals surface area contributed by atoms with Gasteiger partial charge >= 0.3 is 6.18 Å². The van der Waals surface area contributed by atoms with Crippen molar-refractivity contribution in [1.82, 2.24) is 10.6 Å². The highest BCUT2D eigenvalue weighted by Gasteiger charge is 2.30. The summed E-state index contributed by atoms with van der Waals surface area (Å²) in [5, 5.41) is 5.66. The highest BCUT2D eigenvalue weighted by Crippen LogP contribution is 2.29. The summed E-state index contributed by atoms with van der Waals surface area (Å²) in [5.41, 5.74) is -0.114. The molecule has 6 heteroatoms. The minimum atomic E-state index is -4.34. The molecule has 1 aliphatic rings. The summed E-state index contributed by atoms with van der Waals surface area (Å²) < 4.78 is 37.6. The van der Waals surface area contributed by atoms with Crippen LogP contribution in [0.5, 0.6) is 0 Å². The molecule has 0 aromatic heterocycles. The van der Waals surface area contributed by atoms with Gasteiger partial charge in [-0.05, 0) is 18.1 Å². The first-order valence-electron chi connectivity index (χ1n) is 6.31. The van der Waals surface area contributed by atoms with Crippen molar-refractivity contribution in [3.05, 3.63) is 47.5 Å². The normalized spacial score (nSPS) is 18.2. The maximum absolute atomic E-state index is 12.5. The third-order valence-electron chi connectivity index (χ3n) is 3.03. The fourth-order valence-corrected chi connectivity index (χ4v) is 1.99. The predicted octanol–water partition coefficient (Wildman–Crippen LogP) is 1.89. The van der Waals surface area contributed by atoms with Crippen LogP contribution in [0.1, 0.15) is 11.1 Å². The molecule has 0 spiro atoms. The average molecular weight is 284 g/mol. The lowest BCUT2D eigenvalue weighted by molar-refractivity contribution is -0.137. The van der Waals surface area contributed by atoms with E-state index in [9.17, 15) is 18.0 Å². The molecule has 1 aromatic rings. The number of amides is 1. The van der Waals surface area contributed by atoms with Gasteiger partial charge in [0.25, 0.3) is 0 Å². The van der Waals surface area contributed by atoms with Gasteiger partial charge in [0.05, 0.1) is 5.56 Å². The van der Waals surface area contributed by atoms with Crippen molar-refractivity contribution in [1.29, 1.82) is 0 Å². The Morgan fingerprint density at radius 1 is 1.40 bits per heavy atom. The lowest BCUT2D eigenvalue weighted by Crippen LogP contribution is -2.41. The standard InChI is InChI=1S/C14H15F3N2O/c15-14(16,17)11-4-1-3-10(9-11)6-8-19-13(20)12-5-2-7-18-12/h1-5,9,12,18H,6-8H2,(H,19,20). The van der Waals surface area contributed by atoms with Crippen LogP contribution in [0.15, 0.2) is 36.4 Å². The van der Waals surface area contributed by atoms with E-state index in [0.29, 0.717) is 25.1 Å². The molecule has 3 nitrogen and oxygen atoms in total. The van der Waals surface area contributed by atoms with Crippen molar-refractivity contribution in [2.24, 2.45) is 0 Å². The number of benzene rings is 1. The van der Waals surface area contributed by atoms with E-state index in [1.165, 1.54) is 6.07 Å². The van der Waals surface area contributed by atoms with Gasteiger partial charge in [0, 0.05) is 13.1 Å². The maximum atomic E-state index is 12.5. The number of alkyl halides is 3. The van der Waals surface area contributed by atoms with E-state index in [4.69, 9.17) is 0 Å². The van der Waals surface area contributed by atoms with Crippen LogP contribution in [-0.2, 0) is 17.4 Å². The summed E-state index contributed by atoms with van der Waals surface area (Å²) in [6, 6.07) is 4.81. The molecule has 1 aliphatic heterocycles. The number of carbonyl (C=O) groups excluding carboxylic acids is 1. The molecule has 0 aliphatic carbocycles. The first kappa shape index (κ1) is 14.6. The molecule has 20 heavy (non-hydrogen) atoms. The Bertz CT molecular complexity index is 511.